The lowest BCUT2D eigenvalue weighted by Gasteiger charge is -2.22. The van der Waals surface area contributed by atoms with Gasteiger partial charge in [-0.2, -0.15) is 0 Å². The fraction of sp³-hybridized carbons (Fsp3) is 0.565. The van der Waals surface area contributed by atoms with E-state index in [-0.39, 0.29) is 24.9 Å². The lowest BCUT2D eigenvalue weighted by Crippen LogP contribution is -2.33. The molecule has 2 aliphatic heterocycles. The highest BCUT2D eigenvalue weighted by molar-refractivity contribution is 7.71. The van der Waals surface area contributed by atoms with Crippen molar-refractivity contribution in [2.45, 2.75) is 45.6 Å². The van der Waals surface area contributed by atoms with Crippen LogP contribution in [0.4, 0.5) is 17.6 Å². The molecule has 32 heavy (non-hydrogen) atoms. The highest BCUT2D eigenvalue weighted by atomic mass is 32.1. The number of aromatic nitrogens is 2. The Morgan fingerprint density at radius 2 is 1.69 bits per heavy atom. The standard InChI is InChI=1S/C23H25F4N3OS/c1-23(2)12-9-29(10-13(12)23)18(31)5-4-16-17-6-11(8-30(17)22(32)28(16)3)19-20(26)14(24)7-15(25)21(19)27/h7,11-13H,4-6,8-10H2,1-3H3/t11-,12?,13?/m0/s1. The van der Waals surface area contributed by atoms with Gasteiger partial charge in [-0.1, -0.05) is 13.8 Å². The van der Waals surface area contributed by atoms with Crippen molar-refractivity contribution in [2.75, 3.05) is 13.1 Å². The molecule has 3 aliphatic rings. The maximum absolute atomic E-state index is 14.3. The number of benzene rings is 1. The van der Waals surface area contributed by atoms with E-state index in [0.717, 1.165) is 24.5 Å². The number of carbonyl (C=O) groups excluding carboxylic acids is 1. The topological polar surface area (TPSA) is 30.2 Å². The number of rotatable bonds is 4. The van der Waals surface area contributed by atoms with Crippen LogP contribution < -0.4 is 0 Å². The maximum atomic E-state index is 14.3. The van der Waals surface area contributed by atoms with Gasteiger partial charge in [0.15, 0.2) is 28.0 Å². The summed E-state index contributed by atoms with van der Waals surface area (Å²) in [6, 6.07) is 0.225. The SMILES string of the molecule is Cn1c(CCC(=O)N2CC3C(C2)C3(C)C)c2n(c1=S)C[C@@H](c1c(F)c(F)cc(F)c1F)C2. The number of amides is 1. The van der Waals surface area contributed by atoms with Crippen molar-refractivity contribution in [3.8, 4) is 0 Å². The Hall–Kier alpha value is -2.16. The molecule has 1 aromatic carbocycles. The lowest BCUT2D eigenvalue weighted by molar-refractivity contribution is -0.131. The molecule has 9 heteroatoms. The predicted octanol–water partition coefficient (Wildman–Crippen LogP) is 4.50. The molecule has 0 N–H and O–H groups in total. The molecule has 1 aromatic heterocycles. The maximum Gasteiger partial charge on any atom is 0.222 e. The van der Waals surface area contributed by atoms with E-state index in [0.29, 0.717) is 34.9 Å². The molecule has 2 aromatic rings. The summed E-state index contributed by atoms with van der Waals surface area (Å²) in [5, 5.41) is 0. The van der Waals surface area contributed by atoms with Crippen molar-refractivity contribution < 1.29 is 22.4 Å². The van der Waals surface area contributed by atoms with Crippen LogP contribution in [0, 0.1) is 45.3 Å². The first kappa shape index (κ1) is 21.7. The Morgan fingerprint density at radius 1 is 1.09 bits per heavy atom. The third-order valence-corrected chi connectivity index (χ3v) is 8.52. The number of piperidine rings is 1. The van der Waals surface area contributed by atoms with Crippen molar-refractivity contribution in [2.24, 2.45) is 24.3 Å². The van der Waals surface area contributed by atoms with E-state index in [4.69, 9.17) is 12.2 Å². The Bertz CT molecular complexity index is 1160. The van der Waals surface area contributed by atoms with E-state index in [1.54, 1.807) is 11.6 Å². The summed E-state index contributed by atoms with van der Waals surface area (Å²) in [7, 11) is 1.80. The number of nitrogens with zero attached hydrogens (tertiary/aromatic N) is 3. The van der Waals surface area contributed by atoms with Gasteiger partial charge in [-0.3, -0.25) is 4.79 Å². The molecule has 4 nitrogen and oxygen atoms in total. The van der Waals surface area contributed by atoms with Gasteiger partial charge >= 0.3 is 0 Å². The zero-order chi connectivity index (χ0) is 23.1. The highest BCUT2D eigenvalue weighted by Crippen LogP contribution is 2.62. The molecular weight excluding hydrogens is 442 g/mol. The molecule has 1 aliphatic carbocycles. The summed E-state index contributed by atoms with van der Waals surface area (Å²) >= 11 is 5.49. The second-order valence-corrected chi connectivity index (χ2v) is 10.3. The van der Waals surface area contributed by atoms with Crippen LogP contribution in [-0.2, 0) is 31.2 Å². The Labute approximate surface area is 188 Å². The second-order valence-electron chi connectivity index (χ2n) is 9.96. The fourth-order valence-electron chi connectivity index (χ4n) is 5.87. The van der Waals surface area contributed by atoms with Crippen molar-refractivity contribution in [3.63, 3.8) is 0 Å². The summed E-state index contributed by atoms with van der Waals surface area (Å²) in [6.07, 6.45) is 0.972. The molecule has 1 saturated carbocycles. The molecule has 3 heterocycles. The summed E-state index contributed by atoms with van der Waals surface area (Å²) in [6.45, 7) is 6.22. The van der Waals surface area contributed by atoms with E-state index in [1.165, 1.54) is 0 Å². The number of fused-ring (bicyclic) bond motifs is 2. The zero-order valence-corrected chi connectivity index (χ0v) is 19.0. The van der Waals surface area contributed by atoms with E-state index in [2.05, 4.69) is 13.8 Å². The number of imidazole rings is 1. The van der Waals surface area contributed by atoms with Crippen LogP contribution in [0.5, 0.6) is 0 Å². The van der Waals surface area contributed by atoms with Crippen molar-refractivity contribution in [1.29, 1.82) is 0 Å². The molecule has 1 saturated heterocycles. The van der Waals surface area contributed by atoms with Crippen LogP contribution in [0.15, 0.2) is 6.07 Å². The fourth-order valence-corrected chi connectivity index (χ4v) is 6.17. The first-order chi connectivity index (χ1) is 15.0. The van der Waals surface area contributed by atoms with Crippen molar-refractivity contribution in [3.05, 3.63) is 51.1 Å². The summed E-state index contributed by atoms with van der Waals surface area (Å²) in [4.78, 5) is 14.7. The predicted molar refractivity (Wildman–Crippen MR) is 113 cm³/mol. The summed E-state index contributed by atoms with van der Waals surface area (Å²) in [5.41, 5.74) is 1.35. The quantitative estimate of drug-likeness (QED) is 0.377. The van der Waals surface area contributed by atoms with Crippen LogP contribution in [0.25, 0.3) is 0 Å². The minimum Gasteiger partial charge on any atom is -0.342 e. The number of likely N-dealkylation sites (tertiary alicyclic amines) is 1. The molecule has 0 radical (unpaired) electrons. The third kappa shape index (κ3) is 3.07. The van der Waals surface area contributed by atoms with Crippen LogP contribution in [0.3, 0.4) is 0 Å². The monoisotopic (exact) mass is 467 g/mol. The Kier molecular flexibility index (Phi) is 4.86. The first-order valence-electron chi connectivity index (χ1n) is 10.9. The average molecular weight is 468 g/mol. The van der Waals surface area contributed by atoms with Gasteiger partial charge in [-0.15, -0.1) is 0 Å². The minimum absolute atomic E-state index is 0.0951. The number of halogens is 4. The molecule has 0 bridgehead atoms. The highest BCUT2D eigenvalue weighted by Gasteiger charge is 2.62. The molecule has 2 unspecified atom stereocenters. The summed E-state index contributed by atoms with van der Waals surface area (Å²) < 4.78 is 60.2. The Balaban J connectivity index is 1.34. The average Bonchev–Trinajstić information content (AvgIpc) is 3.21. The lowest BCUT2D eigenvalue weighted by atomic mass is 9.94. The second kappa shape index (κ2) is 7.17. The zero-order valence-electron chi connectivity index (χ0n) is 18.2. The van der Waals surface area contributed by atoms with Crippen LogP contribution in [0.1, 0.15) is 43.1 Å². The van der Waals surface area contributed by atoms with E-state index < -0.39 is 34.8 Å². The van der Waals surface area contributed by atoms with Crippen molar-refractivity contribution in [1.82, 2.24) is 14.0 Å². The molecule has 1 amide bonds. The van der Waals surface area contributed by atoms with E-state index in [1.807, 2.05) is 9.47 Å². The third-order valence-electron chi connectivity index (χ3n) is 8.03. The van der Waals surface area contributed by atoms with Gasteiger partial charge in [0.2, 0.25) is 5.91 Å². The van der Waals surface area contributed by atoms with Gasteiger partial charge in [0.25, 0.3) is 0 Å². The van der Waals surface area contributed by atoms with Gasteiger partial charge in [0, 0.05) is 62.0 Å². The van der Waals surface area contributed by atoms with Crippen LogP contribution >= 0.6 is 12.2 Å². The number of hydrogen-bond acceptors (Lipinski definition) is 2. The number of hydrogen-bond donors (Lipinski definition) is 0. The first-order valence-corrected chi connectivity index (χ1v) is 11.3. The number of carbonyl (C=O) groups is 1. The molecule has 0 spiro atoms. The smallest absolute Gasteiger partial charge is 0.222 e. The van der Waals surface area contributed by atoms with Gasteiger partial charge in [-0.05, 0) is 42.3 Å². The van der Waals surface area contributed by atoms with Gasteiger partial charge in [0.1, 0.15) is 0 Å². The van der Waals surface area contributed by atoms with Crippen molar-refractivity contribution >= 4 is 18.1 Å². The van der Waals surface area contributed by atoms with E-state index >= 15 is 0 Å². The van der Waals surface area contributed by atoms with Crippen LogP contribution in [0.2, 0.25) is 0 Å². The molecule has 3 atom stereocenters. The molecule has 2 fully saturated rings. The normalized spacial score (nSPS) is 25.2. The molecular formula is C23H25F4N3OS. The minimum atomic E-state index is -1.41. The van der Waals surface area contributed by atoms with Gasteiger partial charge < -0.3 is 14.0 Å². The van der Waals surface area contributed by atoms with Gasteiger partial charge in [0.05, 0.1) is 0 Å². The largest absolute Gasteiger partial charge is 0.342 e. The van der Waals surface area contributed by atoms with Crippen LogP contribution in [-0.4, -0.2) is 33.0 Å². The van der Waals surface area contributed by atoms with E-state index in [9.17, 15) is 22.4 Å². The Morgan fingerprint density at radius 3 is 2.28 bits per heavy atom. The summed E-state index contributed by atoms with van der Waals surface area (Å²) in [5.74, 6) is -5.03. The van der Waals surface area contributed by atoms with Gasteiger partial charge in [-0.25, -0.2) is 17.6 Å². The molecule has 172 valence electrons. The molecule has 5 rings (SSSR count).